The fraction of sp³-hybridized carbons (Fsp3) is 0.579. The minimum Gasteiger partial charge on any atom is -0.465 e. The number of carbonyl (C=O) groups is 2. The van der Waals surface area contributed by atoms with Gasteiger partial charge in [-0.3, -0.25) is 4.79 Å². The molecule has 2 rings (SSSR count). The van der Waals surface area contributed by atoms with Crippen molar-refractivity contribution in [2.75, 3.05) is 7.11 Å². The lowest BCUT2D eigenvalue weighted by molar-refractivity contribution is -0.121. The van der Waals surface area contributed by atoms with Crippen molar-refractivity contribution in [3.8, 4) is 0 Å². The molecule has 132 valence electrons. The van der Waals surface area contributed by atoms with Gasteiger partial charge in [-0.1, -0.05) is 37.8 Å². The molecule has 1 aromatic rings. The highest BCUT2D eigenvalue weighted by molar-refractivity contribution is 7.99. The van der Waals surface area contributed by atoms with Crippen LogP contribution in [-0.4, -0.2) is 30.3 Å². The van der Waals surface area contributed by atoms with Gasteiger partial charge in [0, 0.05) is 11.8 Å². The average molecular weight is 349 g/mol. The molecule has 1 aliphatic rings. The lowest BCUT2D eigenvalue weighted by Gasteiger charge is -2.19. The first-order valence-corrected chi connectivity index (χ1v) is 9.74. The maximum Gasteiger partial charge on any atom is 0.337 e. The normalized spacial score (nSPS) is 16.9. The molecular weight excluding hydrogens is 322 g/mol. The fourth-order valence-corrected chi connectivity index (χ4v) is 3.79. The molecule has 0 aliphatic heterocycles. The third kappa shape index (κ3) is 5.86. The van der Waals surface area contributed by atoms with E-state index in [1.165, 1.54) is 32.8 Å². The van der Waals surface area contributed by atoms with E-state index in [4.69, 9.17) is 4.74 Å². The molecule has 0 heterocycles. The van der Waals surface area contributed by atoms with Crippen LogP contribution in [0.3, 0.4) is 0 Å². The summed E-state index contributed by atoms with van der Waals surface area (Å²) >= 11 is 1.60. The molecular formula is C19H27NO3S. The molecule has 4 nitrogen and oxygen atoms in total. The van der Waals surface area contributed by atoms with Crippen molar-refractivity contribution < 1.29 is 14.3 Å². The molecule has 5 heteroatoms. The number of methoxy groups -OCH3 is 1. The summed E-state index contributed by atoms with van der Waals surface area (Å²) in [5.74, 6) is 0.487. The number of carbonyl (C=O) groups excluding carboxylic acids is 2. The quantitative estimate of drug-likeness (QED) is 0.624. The summed E-state index contributed by atoms with van der Waals surface area (Å²) in [4.78, 5) is 23.9. The zero-order valence-corrected chi connectivity index (χ0v) is 15.4. The number of esters is 1. The smallest absolute Gasteiger partial charge is 0.337 e. The standard InChI is InChI=1S/C19H27NO3S/c1-14(18(21)20-17-10-5-3-4-6-11-17)24-13-15-8-7-9-16(12-15)19(22)23-2/h7-9,12,14,17H,3-6,10-11,13H2,1-2H3,(H,20,21). The molecule has 1 N–H and O–H groups in total. The van der Waals surface area contributed by atoms with Gasteiger partial charge in [-0.15, -0.1) is 11.8 Å². The number of amides is 1. The van der Waals surface area contributed by atoms with Gasteiger partial charge in [0.05, 0.1) is 17.9 Å². The van der Waals surface area contributed by atoms with Crippen molar-refractivity contribution in [1.29, 1.82) is 0 Å². The van der Waals surface area contributed by atoms with Crippen LogP contribution in [0.1, 0.15) is 61.4 Å². The molecule has 0 aromatic heterocycles. The number of nitrogens with one attached hydrogen (secondary N) is 1. The Kier molecular flexibility index (Phi) is 7.63. The number of ether oxygens (including phenoxy) is 1. The Balaban J connectivity index is 1.82. The molecule has 0 spiro atoms. The molecule has 1 aliphatic carbocycles. The van der Waals surface area contributed by atoms with E-state index in [0.717, 1.165) is 18.4 Å². The van der Waals surface area contributed by atoms with Crippen molar-refractivity contribution in [1.82, 2.24) is 5.32 Å². The van der Waals surface area contributed by atoms with Gasteiger partial charge in [0.1, 0.15) is 0 Å². The molecule has 0 saturated heterocycles. The van der Waals surface area contributed by atoms with Crippen LogP contribution in [0, 0.1) is 0 Å². The van der Waals surface area contributed by atoms with E-state index in [2.05, 4.69) is 5.32 Å². The van der Waals surface area contributed by atoms with Crippen LogP contribution in [0.5, 0.6) is 0 Å². The Morgan fingerprint density at radius 2 is 1.96 bits per heavy atom. The van der Waals surface area contributed by atoms with Crippen molar-refractivity contribution in [2.24, 2.45) is 0 Å². The predicted molar refractivity (Wildman–Crippen MR) is 98.2 cm³/mol. The summed E-state index contributed by atoms with van der Waals surface area (Å²) in [6.07, 6.45) is 7.20. The van der Waals surface area contributed by atoms with Gasteiger partial charge in [0.2, 0.25) is 5.91 Å². The molecule has 1 saturated carbocycles. The molecule has 0 radical (unpaired) electrons. The van der Waals surface area contributed by atoms with Gasteiger partial charge in [-0.2, -0.15) is 0 Å². The van der Waals surface area contributed by atoms with Gasteiger partial charge >= 0.3 is 5.97 Å². The predicted octanol–water partition coefficient (Wildman–Crippen LogP) is 3.93. The summed E-state index contributed by atoms with van der Waals surface area (Å²) in [6, 6.07) is 7.72. The van der Waals surface area contributed by atoms with Crippen LogP contribution in [0.25, 0.3) is 0 Å². The second-order valence-electron chi connectivity index (χ2n) is 6.34. The van der Waals surface area contributed by atoms with Crippen molar-refractivity contribution in [3.63, 3.8) is 0 Å². The van der Waals surface area contributed by atoms with E-state index in [1.54, 1.807) is 17.8 Å². The summed E-state index contributed by atoms with van der Waals surface area (Å²) in [5.41, 5.74) is 1.57. The summed E-state index contributed by atoms with van der Waals surface area (Å²) < 4.78 is 4.74. The highest BCUT2D eigenvalue weighted by Crippen LogP contribution is 2.21. The Morgan fingerprint density at radius 3 is 2.62 bits per heavy atom. The molecule has 1 unspecified atom stereocenters. The van der Waals surface area contributed by atoms with E-state index in [1.807, 2.05) is 25.1 Å². The van der Waals surface area contributed by atoms with Crippen LogP contribution < -0.4 is 5.32 Å². The minimum atomic E-state index is -0.332. The third-order valence-corrected chi connectivity index (χ3v) is 5.63. The van der Waals surface area contributed by atoms with Gasteiger partial charge in [0.15, 0.2) is 0 Å². The Bertz CT molecular complexity index is 553. The molecule has 24 heavy (non-hydrogen) atoms. The van der Waals surface area contributed by atoms with Gasteiger partial charge in [-0.25, -0.2) is 4.79 Å². The highest BCUT2D eigenvalue weighted by atomic mass is 32.2. The van der Waals surface area contributed by atoms with E-state index >= 15 is 0 Å². The largest absolute Gasteiger partial charge is 0.465 e. The average Bonchev–Trinajstić information content (AvgIpc) is 2.87. The summed E-state index contributed by atoms with van der Waals surface area (Å²) in [5, 5.41) is 3.10. The van der Waals surface area contributed by atoms with Gasteiger partial charge in [-0.05, 0) is 37.5 Å². The minimum absolute atomic E-state index is 0.102. The van der Waals surface area contributed by atoms with E-state index in [-0.39, 0.29) is 17.1 Å². The number of benzene rings is 1. The molecule has 0 bridgehead atoms. The SMILES string of the molecule is COC(=O)c1cccc(CSC(C)C(=O)NC2CCCCCC2)c1. The van der Waals surface area contributed by atoms with Crippen LogP contribution in [0.4, 0.5) is 0 Å². The molecule has 1 fully saturated rings. The number of thioether (sulfide) groups is 1. The topological polar surface area (TPSA) is 55.4 Å². The van der Waals surface area contributed by atoms with Crippen LogP contribution in [0.15, 0.2) is 24.3 Å². The van der Waals surface area contributed by atoms with E-state index < -0.39 is 0 Å². The molecule has 1 atom stereocenters. The number of rotatable bonds is 6. The zero-order chi connectivity index (χ0) is 17.4. The zero-order valence-electron chi connectivity index (χ0n) is 14.5. The van der Waals surface area contributed by atoms with E-state index in [0.29, 0.717) is 17.4 Å². The third-order valence-electron chi connectivity index (χ3n) is 4.42. The van der Waals surface area contributed by atoms with E-state index in [9.17, 15) is 9.59 Å². The highest BCUT2D eigenvalue weighted by Gasteiger charge is 2.19. The van der Waals surface area contributed by atoms with Crippen LogP contribution >= 0.6 is 11.8 Å². The Morgan fingerprint density at radius 1 is 1.25 bits per heavy atom. The number of hydrogen-bond acceptors (Lipinski definition) is 4. The first kappa shape index (κ1) is 18.8. The molecule has 1 amide bonds. The fourth-order valence-electron chi connectivity index (χ4n) is 2.95. The second kappa shape index (κ2) is 9.72. The first-order valence-electron chi connectivity index (χ1n) is 8.69. The maximum atomic E-state index is 12.4. The lowest BCUT2D eigenvalue weighted by Crippen LogP contribution is -2.39. The Hall–Kier alpha value is -1.49. The number of hydrogen-bond donors (Lipinski definition) is 1. The second-order valence-corrected chi connectivity index (χ2v) is 7.67. The summed E-state index contributed by atoms with van der Waals surface area (Å²) in [6.45, 7) is 1.95. The Labute approximate surface area is 148 Å². The molecule has 1 aromatic carbocycles. The monoisotopic (exact) mass is 349 g/mol. The lowest BCUT2D eigenvalue weighted by atomic mass is 10.1. The summed E-state index contributed by atoms with van der Waals surface area (Å²) in [7, 11) is 1.38. The van der Waals surface area contributed by atoms with Crippen LogP contribution in [0.2, 0.25) is 0 Å². The van der Waals surface area contributed by atoms with Crippen molar-refractivity contribution in [2.45, 2.75) is 62.5 Å². The van der Waals surface area contributed by atoms with Crippen molar-refractivity contribution in [3.05, 3.63) is 35.4 Å². The van der Waals surface area contributed by atoms with Gasteiger partial charge < -0.3 is 10.1 Å². The van der Waals surface area contributed by atoms with Crippen molar-refractivity contribution >= 4 is 23.6 Å². The van der Waals surface area contributed by atoms with Crippen LogP contribution in [-0.2, 0) is 15.3 Å². The first-order chi connectivity index (χ1) is 11.6. The maximum absolute atomic E-state index is 12.4. The van der Waals surface area contributed by atoms with Gasteiger partial charge in [0.25, 0.3) is 0 Å².